The molecule has 2 rings (SSSR count). The highest BCUT2D eigenvalue weighted by Gasteiger charge is 2.10. The van der Waals surface area contributed by atoms with Crippen molar-refractivity contribution in [2.24, 2.45) is 0 Å². The molecule has 96 valence electrons. The zero-order chi connectivity index (χ0) is 13.0. The average Bonchev–Trinajstić information content (AvgIpc) is 2.86. The van der Waals surface area contributed by atoms with Crippen LogP contribution < -0.4 is 9.64 Å². The molecule has 7 heteroatoms. The average molecular weight is 249 g/mol. The van der Waals surface area contributed by atoms with E-state index in [0.29, 0.717) is 24.2 Å². The van der Waals surface area contributed by atoms with Crippen LogP contribution in [-0.4, -0.2) is 34.3 Å². The molecular formula is C11H15N5O2. The van der Waals surface area contributed by atoms with Gasteiger partial charge in [0.05, 0.1) is 13.7 Å². The standard InChI is InChI=1S/C11H15N5O2/c1-4-9-14-15-11(18-9)6-16(2)8-5-10(17-3)13-7-12-8/h5,7H,4,6H2,1-3H3. The van der Waals surface area contributed by atoms with Crippen LogP contribution in [0.15, 0.2) is 16.8 Å². The molecule has 0 amide bonds. The quantitative estimate of drug-likeness (QED) is 0.784. The van der Waals surface area contributed by atoms with Gasteiger partial charge in [-0.25, -0.2) is 9.97 Å². The summed E-state index contributed by atoms with van der Waals surface area (Å²) in [5, 5.41) is 7.88. The van der Waals surface area contributed by atoms with E-state index in [1.54, 1.807) is 13.2 Å². The molecule has 0 aliphatic heterocycles. The van der Waals surface area contributed by atoms with Crippen molar-refractivity contribution in [2.75, 3.05) is 19.1 Å². The maximum Gasteiger partial charge on any atom is 0.235 e. The van der Waals surface area contributed by atoms with Crippen molar-refractivity contribution in [3.63, 3.8) is 0 Å². The highest BCUT2D eigenvalue weighted by molar-refractivity contribution is 5.39. The lowest BCUT2D eigenvalue weighted by Crippen LogP contribution is -2.18. The van der Waals surface area contributed by atoms with Crippen LogP contribution in [-0.2, 0) is 13.0 Å². The molecule has 0 fully saturated rings. The summed E-state index contributed by atoms with van der Waals surface area (Å²) >= 11 is 0. The van der Waals surface area contributed by atoms with E-state index in [9.17, 15) is 0 Å². The number of aryl methyl sites for hydroxylation is 1. The Balaban J connectivity index is 2.08. The zero-order valence-electron chi connectivity index (χ0n) is 10.6. The van der Waals surface area contributed by atoms with Crippen LogP contribution in [0, 0.1) is 0 Å². The fraction of sp³-hybridized carbons (Fsp3) is 0.455. The number of hydrogen-bond donors (Lipinski definition) is 0. The van der Waals surface area contributed by atoms with Gasteiger partial charge in [0.2, 0.25) is 17.7 Å². The lowest BCUT2D eigenvalue weighted by atomic mass is 10.4. The first kappa shape index (κ1) is 12.3. The van der Waals surface area contributed by atoms with Gasteiger partial charge in [0.25, 0.3) is 0 Å². The third-order valence-electron chi connectivity index (χ3n) is 2.41. The summed E-state index contributed by atoms with van der Waals surface area (Å²) < 4.78 is 10.5. The smallest absolute Gasteiger partial charge is 0.235 e. The summed E-state index contributed by atoms with van der Waals surface area (Å²) in [6.07, 6.45) is 2.19. The third kappa shape index (κ3) is 2.73. The van der Waals surface area contributed by atoms with Crippen LogP contribution in [0.2, 0.25) is 0 Å². The topological polar surface area (TPSA) is 77.2 Å². The van der Waals surface area contributed by atoms with Gasteiger partial charge in [-0.3, -0.25) is 0 Å². The van der Waals surface area contributed by atoms with Crippen LogP contribution in [0.4, 0.5) is 5.82 Å². The molecule has 0 bridgehead atoms. The van der Waals surface area contributed by atoms with Crippen molar-refractivity contribution in [3.05, 3.63) is 24.2 Å². The number of rotatable bonds is 5. The van der Waals surface area contributed by atoms with Gasteiger partial charge in [0.15, 0.2) is 0 Å². The Kier molecular flexibility index (Phi) is 3.71. The lowest BCUT2D eigenvalue weighted by Gasteiger charge is -2.15. The Labute approximate surface area is 105 Å². The zero-order valence-corrected chi connectivity index (χ0v) is 10.6. The van der Waals surface area contributed by atoms with Crippen LogP contribution in [0.25, 0.3) is 0 Å². The third-order valence-corrected chi connectivity index (χ3v) is 2.41. The minimum absolute atomic E-state index is 0.493. The van der Waals surface area contributed by atoms with Gasteiger partial charge in [-0.2, -0.15) is 0 Å². The summed E-state index contributed by atoms with van der Waals surface area (Å²) in [5.41, 5.74) is 0. The fourth-order valence-corrected chi connectivity index (χ4v) is 1.43. The van der Waals surface area contributed by atoms with Crippen molar-refractivity contribution in [2.45, 2.75) is 19.9 Å². The van der Waals surface area contributed by atoms with Gasteiger partial charge in [-0.05, 0) is 0 Å². The molecule has 0 saturated carbocycles. The van der Waals surface area contributed by atoms with Crippen molar-refractivity contribution >= 4 is 5.82 Å². The van der Waals surface area contributed by atoms with E-state index in [-0.39, 0.29) is 0 Å². The second-order valence-electron chi connectivity index (χ2n) is 3.72. The van der Waals surface area contributed by atoms with E-state index in [0.717, 1.165) is 12.2 Å². The highest BCUT2D eigenvalue weighted by Crippen LogP contribution is 2.15. The maximum absolute atomic E-state index is 5.44. The molecule has 2 aromatic heterocycles. The monoisotopic (exact) mass is 249 g/mol. The predicted octanol–water partition coefficient (Wildman–Crippen LogP) is 1.07. The highest BCUT2D eigenvalue weighted by atomic mass is 16.5. The second-order valence-corrected chi connectivity index (χ2v) is 3.72. The molecule has 0 atom stereocenters. The first-order chi connectivity index (χ1) is 8.72. The fourth-order valence-electron chi connectivity index (χ4n) is 1.43. The minimum atomic E-state index is 0.493. The van der Waals surface area contributed by atoms with E-state index in [2.05, 4.69) is 20.2 Å². The van der Waals surface area contributed by atoms with Crippen LogP contribution in [0.3, 0.4) is 0 Å². The number of methoxy groups -OCH3 is 1. The number of ether oxygens (including phenoxy) is 1. The van der Waals surface area contributed by atoms with Gasteiger partial charge in [-0.1, -0.05) is 6.92 Å². The molecule has 0 aliphatic carbocycles. The minimum Gasteiger partial charge on any atom is -0.481 e. The van der Waals surface area contributed by atoms with Crippen molar-refractivity contribution in [1.29, 1.82) is 0 Å². The van der Waals surface area contributed by atoms with E-state index in [1.807, 2.05) is 18.9 Å². The Morgan fingerprint density at radius 3 is 2.72 bits per heavy atom. The van der Waals surface area contributed by atoms with E-state index in [4.69, 9.17) is 9.15 Å². The Morgan fingerprint density at radius 1 is 1.28 bits per heavy atom. The van der Waals surface area contributed by atoms with Gasteiger partial charge in [-0.15, -0.1) is 10.2 Å². The summed E-state index contributed by atoms with van der Waals surface area (Å²) in [5.74, 6) is 2.45. The van der Waals surface area contributed by atoms with Crippen LogP contribution in [0.1, 0.15) is 18.7 Å². The van der Waals surface area contributed by atoms with Crippen molar-refractivity contribution < 1.29 is 9.15 Å². The van der Waals surface area contributed by atoms with Gasteiger partial charge < -0.3 is 14.1 Å². The summed E-state index contributed by atoms with van der Waals surface area (Å²) in [7, 11) is 3.45. The van der Waals surface area contributed by atoms with Gasteiger partial charge in [0, 0.05) is 19.5 Å². The van der Waals surface area contributed by atoms with Crippen molar-refractivity contribution in [1.82, 2.24) is 20.2 Å². The molecule has 0 N–H and O–H groups in total. The van der Waals surface area contributed by atoms with E-state index in [1.165, 1.54) is 6.33 Å². The Morgan fingerprint density at radius 2 is 2.06 bits per heavy atom. The molecule has 0 aromatic carbocycles. The largest absolute Gasteiger partial charge is 0.481 e. The number of nitrogens with zero attached hydrogens (tertiary/aromatic N) is 5. The number of anilines is 1. The molecule has 0 radical (unpaired) electrons. The molecular weight excluding hydrogens is 234 g/mol. The summed E-state index contributed by atoms with van der Waals surface area (Å²) in [4.78, 5) is 9.99. The van der Waals surface area contributed by atoms with Crippen LogP contribution >= 0.6 is 0 Å². The first-order valence-electron chi connectivity index (χ1n) is 5.61. The first-order valence-corrected chi connectivity index (χ1v) is 5.61. The Hall–Kier alpha value is -2.18. The number of aromatic nitrogens is 4. The van der Waals surface area contributed by atoms with Gasteiger partial charge >= 0.3 is 0 Å². The molecule has 18 heavy (non-hydrogen) atoms. The summed E-state index contributed by atoms with van der Waals surface area (Å²) in [6, 6.07) is 1.75. The lowest BCUT2D eigenvalue weighted by molar-refractivity contribution is 0.396. The van der Waals surface area contributed by atoms with Gasteiger partial charge in [0.1, 0.15) is 12.1 Å². The van der Waals surface area contributed by atoms with E-state index >= 15 is 0 Å². The molecule has 7 nitrogen and oxygen atoms in total. The Bertz CT molecular complexity index is 514. The van der Waals surface area contributed by atoms with Crippen molar-refractivity contribution in [3.8, 4) is 5.88 Å². The molecule has 0 saturated heterocycles. The predicted molar refractivity (Wildman–Crippen MR) is 64.4 cm³/mol. The SMILES string of the molecule is CCc1nnc(CN(C)c2cc(OC)ncn2)o1. The maximum atomic E-state index is 5.44. The van der Waals surface area contributed by atoms with Crippen LogP contribution in [0.5, 0.6) is 5.88 Å². The summed E-state index contributed by atoms with van der Waals surface area (Å²) in [6.45, 7) is 2.46. The molecule has 2 aromatic rings. The molecule has 0 aliphatic rings. The molecule has 0 unspecified atom stereocenters. The molecule has 2 heterocycles. The van der Waals surface area contributed by atoms with E-state index < -0.39 is 0 Å². The second kappa shape index (κ2) is 5.44. The number of hydrogen-bond acceptors (Lipinski definition) is 7. The molecule has 0 spiro atoms. The normalized spacial score (nSPS) is 10.4.